The third-order valence-corrected chi connectivity index (χ3v) is 4.60. The van der Waals surface area contributed by atoms with Gasteiger partial charge in [0.05, 0.1) is 23.6 Å². The van der Waals surface area contributed by atoms with E-state index in [0.717, 1.165) is 24.3 Å². The van der Waals surface area contributed by atoms with Gasteiger partial charge in [0.1, 0.15) is 5.76 Å². The molecule has 1 heterocycles. The summed E-state index contributed by atoms with van der Waals surface area (Å²) in [4.78, 5) is 24.2. The summed E-state index contributed by atoms with van der Waals surface area (Å²) in [5.41, 5.74) is 1.39. The first-order valence-corrected chi connectivity index (χ1v) is 9.58. The summed E-state index contributed by atoms with van der Waals surface area (Å²) in [6.45, 7) is 2.86. The lowest BCUT2D eigenvalue weighted by Gasteiger charge is -2.18. The predicted octanol–water partition coefficient (Wildman–Crippen LogP) is 4.97. The Morgan fingerprint density at radius 1 is 1.14 bits per heavy atom. The van der Waals surface area contributed by atoms with Crippen LogP contribution in [0.15, 0.2) is 65.3 Å². The fourth-order valence-electron chi connectivity index (χ4n) is 2.98. The predicted molar refractivity (Wildman–Crippen MR) is 112 cm³/mol. The van der Waals surface area contributed by atoms with E-state index in [1.54, 1.807) is 24.5 Å². The third-order valence-electron chi connectivity index (χ3n) is 4.37. The smallest absolute Gasteiger partial charge is 0.337 e. The summed E-state index contributed by atoms with van der Waals surface area (Å²) in [6, 6.07) is 15.0. The van der Waals surface area contributed by atoms with Crippen LogP contribution in [0.2, 0.25) is 5.02 Å². The van der Waals surface area contributed by atoms with Crippen LogP contribution >= 0.6 is 11.6 Å². The Morgan fingerprint density at radius 2 is 1.97 bits per heavy atom. The molecule has 1 atom stereocenters. The molecule has 0 radical (unpaired) electrons. The molecule has 2 aromatic carbocycles. The number of carboxylic acids is 1. The van der Waals surface area contributed by atoms with Crippen LogP contribution in [-0.2, 0) is 0 Å². The zero-order chi connectivity index (χ0) is 20.8. The summed E-state index contributed by atoms with van der Waals surface area (Å²) in [6.07, 6.45) is 2.56. The van der Waals surface area contributed by atoms with Crippen LogP contribution in [0.5, 0.6) is 0 Å². The molecule has 0 saturated heterocycles. The number of nitrogens with one attached hydrogen (secondary N) is 2. The van der Waals surface area contributed by atoms with Gasteiger partial charge in [-0.3, -0.25) is 4.79 Å². The molecule has 0 aliphatic rings. The maximum absolute atomic E-state index is 12.8. The summed E-state index contributed by atoms with van der Waals surface area (Å²) in [7, 11) is 0. The number of halogens is 1. The Kier molecular flexibility index (Phi) is 6.69. The Morgan fingerprint density at radius 3 is 2.66 bits per heavy atom. The highest BCUT2D eigenvalue weighted by molar-refractivity contribution is 6.31. The number of amides is 1. The topological polar surface area (TPSA) is 91.6 Å². The molecule has 0 bridgehead atoms. The number of hydrogen-bond acceptors (Lipinski definition) is 4. The zero-order valence-corrected chi connectivity index (χ0v) is 16.6. The number of benzene rings is 2. The number of furan rings is 1. The molecule has 0 fully saturated rings. The largest absolute Gasteiger partial charge is 0.478 e. The van der Waals surface area contributed by atoms with Crippen LogP contribution in [0.3, 0.4) is 0 Å². The van der Waals surface area contributed by atoms with Gasteiger partial charge in [0.25, 0.3) is 5.91 Å². The lowest BCUT2D eigenvalue weighted by Crippen LogP contribution is -2.23. The number of carbonyl (C=O) groups excluding carboxylic acids is 1. The van der Waals surface area contributed by atoms with Gasteiger partial charge in [-0.15, -0.1) is 0 Å². The van der Waals surface area contributed by atoms with E-state index in [0.29, 0.717) is 5.56 Å². The fraction of sp³-hybridized carbons (Fsp3) is 0.182. The van der Waals surface area contributed by atoms with Gasteiger partial charge in [0.2, 0.25) is 0 Å². The monoisotopic (exact) mass is 412 g/mol. The first-order chi connectivity index (χ1) is 14.0. The molecule has 0 saturated carbocycles. The molecule has 0 aliphatic carbocycles. The molecular formula is C22H21ClN2O4. The van der Waals surface area contributed by atoms with Gasteiger partial charge >= 0.3 is 5.97 Å². The van der Waals surface area contributed by atoms with E-state index in [1.807, 2.05) is 18.2 Å². The minimum Gasteiger partial charge on any atom is -0.478 e. The summed E-state index contributed by atoms with van der Waals surface area (Å²) in [5.74, 6) is -0.828. The van der Waals surface area contributed by atoms with Gasteiger partial charge < -0.3 is 20.2 Å². The zero-order valence-electron chi connectivity index (χ0n) is 15.8. The SMILES string of the molecule is CCCNC(c1cccc(C(=O)Nc2ccc(Cl)cc2C(=O)O)c1)c1ccco1. The highest BCUT2D eigenvalue weighted by atomic mass is 35.5. The van der Waals surface area contributed by atoms with Gasteiger partial charge in [-0.2, -0.15) is 0 Å². The highest BCUT2D eigenvalue weighted by Crippen LogP contribution is 2.25. The molecule has 150 valence electrons. The molecule has 3 rings (SSSR count). The van der Waals surface area contributed by atoms with Crippen LogP contribution in [0.1, 0.15) is 51.4 Å². The fourth-order valence-corrected chi connectivity index (χ4v) is 3.16. The van der Waals surface area contributed by atoms with Crippen LogP contribution in [0.25, 0.3) is 0 Å². The van der Waals surface area contributed by atoms with E-state index in [-0.39, 0.29) is 22.3 Å². The van der Waals surface area contributed by atoms with Crippen molar-refractivity contribution in [3.05, 3.63) is 88.3 Å². The normalized spacial score (nSPS) is 11.8. The molecule has 0 aliphatic heterocycles. The molecule has 0 spiro atoms. The minimum atomic E-state index is -1.17. The van der Waals surface area contributed by atoms with Crippen molar-refractivity contribution >= 4 is 29.2 Å². The van der Waals surface area contributed by atoms with Crippen molar-refractivity contribution in [3.63, 3.8) is 0 Å². The Hall–Kier alpha value is -3.09. The molecule has 6 nitrogen and oxygen atoms in total. The van der Waals surface area contributed by atoms with E-state index in [4.69, 9.17) is 16.0 Å². The van der Waals surface area contributed by atoms with Crippen molar-refractivity contribution < 1.29 is 19.1 Å². The molecule has 3 aromatic rings. The molecule has 1 unspecified atom stereocenters. The Labute approximate surface area is 173 Å². The number of carbonyl (C=O) groups is 2. The second-order valence-corrected chi connectivity index (χ2v) is 6.91. The number of hydrogen-bond donors (Lipinski definition) is 3. The molecule has 7 heteroatoms. The lowest BCUT2D eigenvalue weighted by atomic mass is 10.0. The second-order valence-electron chi connectivity index (χ2n) is 6.48. The standard InChI is InChI=1S/C22H21ClN2O4/c1-2-10-24-20(19-7-4-11-29-19)14-5-3-6-15(12-14)21(26)25-18-9-8-16(23)13-17(18)22(27)28/h3-9,11-13,20,24H,2,10H2,1H3,(H,25,26)(H,27,28). The number of carboxylic acid groups (broad SMARTS) is 1. The highest BCUT2D eigenvalue weighted by Gasteiger charge is 2.19. The van der Waals surface area contributed by atoms with E-state index in [1.165, 1.54) is 18.2 Å². The Bertz CT molecular complexity index is 1000. The molecule has 1 aromatic heterocycles. The average molecular weight is 413 g/mol. The van der Waals surface area contributed by atoms with Gasteiger partial charge in [0.15, 0.2) is 0 Å². The molecule has 3 N–H and O–H groups in total. The van der Waals surface area contributed by atoms with Gasteiger partial charge in [-0.05, 0) is 61.0 Å². The van der Waals surface area contributed by atoms with Crippen LogP contribution in [0, 0.1) is 0 Å². The van der Waals surface area contributed by atoms with Crippen LogP contribution in [-0.4, -0.2) is 23.5 Å². The van der Waals surface area contributed by atoms with Crippen LogP contribution in [0.4, 0.5) is 5.69 Å². The van der Waals surface area contributed by atoms with Gasteiger partial charge in [-0.1, -0.05) is 30.7 Å². The van der Waals surface area contributed by atoms with Crippen molar-refractivity contribution in [2.75, 3.05) is 11.9 Å². The minimum absolute atomic E-state index is 0.0694. The first kappa shape index (κ1) is 20.6. The molecule has 29 heavy (non-hydrogen) atoms. The summed E-state index contributed by atoms with van der Waals surface area (Å²) in [5, 5.41) is 15.7. The van der Waals surface area contributed by atoms with E-state index < -0.39 is 11.9 Å². The van der Waals surface area contributed by atoms with Crippen molar-refractivity contribution in [3.8, 4) is 0 Å². The average Bonchev–Trinajstić information content (AvgIpc) is 3.24. The second kappa shape index (κ2) is 9.41. The van der Waals surface area contributed by atoms with Crippen molar-refractivity contribution in [1.82, 2.24) is 5.32 Å². The number of anilines is 1. The number of aromatic carboxylic acids is 1. The van der Waals surface area contributed by atoms with Crippen molar-refractivity contribution in [2.24, 2.45) is 0 Å². The van der Waals surface area contributed by atoms with Crippen molar-refractivity contribution in [1.29, 1.82) is 0 Å². The van der Waals surface area contributed by atoms with E-state index in [2.05, 4.69) is 17.6 Å². The Balaban J connectivity index is 1.87. The van der Waals surface area contributed by atoms with Crippen molar-refractivity contribution in [2.45, 2.75) is 19.4 Å². The van der Waals surface area contributed by atoms with E-state index in [9.17, 15) is 14.7 Å². The third kappa shape index (κ3) is 5.04. The summed E-state index contributed by atoms with van der Waals surface area (Å²) < 4.78 is 5.56. The number of rotatable bonds is 8. The summed E-state index contributed by atoms with van der Waals surface area (Å²) >= 11 is 5.87. The first-order valence-electron chi connectivity index (χ1n) is 9.20. The molecule has 1 amide bonds. The maximum atomic E-state index is 12.8. The lowest BCUT2D eigenvalue weighted by molar-refractivity contribution is 0.0698. The van der Waals surface area contributed by atoms with Gasteiger partial charge in [0, 0.05) is 10.6 Å². The quantitative estimate of drug-likeness (QED) is 0.485. The maximum Gasteiger partial charge on any atom is 0.337 e. The van der Waals surface area contributed by atoms with Gasteiger partial charge in [-0.25, -0.2) is 4.79 Å². The molecular weight excluding hydrogens is 392 g/mol. The van der Waals surface area contributed by atoms with E-state index >= 15 is 0 Å². The van der Waals surface area contributed by atoms with Crippen LogP contribution < -0.4 is 10.6 Å².